The molecule has 0 aliphatic carbocycles. The van der Waals surface area contributed by atoms with Gasteiger partial charge in [-0.2, -0.15) is 0 Å². The molecule has 0 spiro atoms. The number of unbranched alkanes of at least 4 members (excludes halogenated alkanes) is 5. The van der Waals surface area contributed by atoms with E-state index >= 15 is 0 Å². The molecule has 0 saturated heterocycles. The molecule has 2 aromatic rings. The predicted molar refractivity (Wildman–Crippen MR) is 93.1 cm³/mol. The Morgan fingerprint density at radius 2 is 1.71 bits per heavy atom. The summed E-state index contributed by atoms with van der Waals surface area (Å²) in [6.07, 6.45) is 6.69. The summed E-state index contributed by atoms with van der Waals surface area (Å²) in [5.41, 5.74) is 0. The average molecular weight is 330 g/mol. The summed E-state index contributed by atoms with van der Waals surface area (Å²) in [7, 11) is 0. The third-order valence-electron chi connectivity index (χ3n) is 3.84. The minimum atomic E-state index is -0.737. The minimum Gasteiger partial charge on any atom is -0.455 e. The number of hydrogen-bond acceptors (Lipinski definition) is 4. The van der Waals surface area contributed by atoms with Crippen LogP contribution in [0.15, 0.2) is 33.1 Å². The number of aliphatic hydroxyl groups is 2. The van der Waals surface area contributed by atoms with Gasteiger partial charge in [0.15, 0.2) is 11.5 Å². The van der Waals surface area contributed by atoms with Crippen LogP contribution < -0.4 is 0 Å². The maximum atomic E-state index is 10.1. The lowest BCUT2D eigenvalue weighted by molar-refractivity contribution is 0.156. The fraction of sp³-hybridized carbons (Fsp3) is 0.500. The van der Waals surface area contributed by atoms with Crippen molar-refractivity contribution in [2.24, 2.45) is 0 Å². The summed E-state index contributed by atoms with van der Waals surface area (Å²) in [6.45, 7) is 2.06. The lowest BCUT2D eigenvalue weighted by atomic mass is 10.1. The fourth-order valence-corrected chi connectivity index (χ4v) is 2.43. The Morgan fingerprint density at radius 1 is 0.958 bits per heavy atom. The van der Waals surface area contributed by atoms with Crippen LogP contribution in [0.25, 0.3) is 11.5 Å². The van der Waals surface area contributed by atoms with E-state index < -0.39 is 6.10 Å². The Hall–Kier alpha value is -1.96. The van der Waals surface area contributed by atoms with Crippen molar-refractivity contribution in [2.75, 3.05) is 0 Å². The third-order valence-corrected chi connectivity index (χ3v) is 3.84. The Balaban J connectivity index is 1.78. The molecule has 2 heterocycles. The molecule has 4 heteroatoms. The first-order valence-electron chi connectivity index (χ1n) is 8.68. The van der Waals surface area contributed by atoms with Crippen LogP contribution in [0.3, 0.4) is 0 Å². The molecule has 0 fully saturated rings. The number of hydrogen-bond donors (Lipinski definition) is 2. The van der Waals surface area contributed by atoms with Gasteiger partial charge in [0.1, 0.15) is 24.2 Å². The molecular weight excluding hydrogens is 304 g/mol. The Morgan fingerprint density at radius 3 is 2.46 bits per heavy atom. The Labute approximate surface area is 143 Å². The van der Waals surface area contributed by atoms with Gasteiger partial charge in [-0.25, -0.2) is 0 Å². The topological polar surface area (TPSA) is 66.7 Å². The van der Waals surface area contributed by atoms with Crippen molar-refractivity contribution in [3.05, 3.63) is 35.8 Å². The predicted octanol–water partition coefficient (Wildman–Crippen LogP) is 4.82. The van der Waals surface area contributed by atoms with Gasteiger partial charge in [-0.1, -0.05) is 32.6 Å². The standard InChI is InChI=1S/C20H26O4/c1-2-3-4-5-6-7-8-9-10-17(22)18-13-14-20(24-18)19-12-11-16(15-21)23-19/h11-14,17,21-22H,2-7,10,15H2,1H3. The first kappa shape index (κ1) is 18.4. The molecular formula is C20H26O4. The van der Waals surface area contributed by atoms with Gasteiger partial charge in [0, 0.05) is 12.8 Å². The van der Waals surface area contributed by atoms with Crippen LogP contribution in [0.2, 0.25) is 0 Å². The van der Waals surface area contributed by atoms with Gasteiger partial charge in [0.25, 0.3) is 0 Å². The zero-order valence-corrected chi connectivity index (χ0v) is 14.3. The summed E-state index contributed by atoms with van der Waals surface area (Å²) < 4.78 is 11.0. The van der Waals surface area contributed by atoms with Crippen molar-refractivity contribution in [1.29, 1.82) is 0 Å². The second kappa shape index (κ2) is 10.0. The van der Waals surface area contributed by atoms with E-state index in [-0.39, 0.29) is 6.61 Å². The van der Waals surface area contributed by atoms with Crippen molar-refractivity contribution in [1.82, 2.24) is 0 Å². The van der Waals surface area contributed by atoms with Gasteiger partial charge in [-0.3, -0.25) is 0 Å². The van der Waals surface area contributed by atoms with E-state index in [2.05, 4.69) is 18.8 Å². The van der Waals surface area contributed by atoms with Crippen LogP contribution in [-0.4, -0.2) is 10.2 Å². The number of rotatable bonds is 9. The molecule has 1 unspecified atom stereocenters. The SMILES string of the molecule is CCCCCCCC#CCC(O)c1ccc(-c2ccc(CO)o2)o1. The smallest absolute Gasteiger partial charge is 0.169 e. The molecule has 2 aromatic heterocycles. The van der Waals surface area contributed by atoms with Crippen LogP contribution in [0, 0.1) is 11.8 Å². The van der Waals surface area contributed by atoms with Crippen molar-refractivity contribution < 1.29 is 19.0 Å². The van der Waals surface area contributed by atoms with Crippen molar-refractivity contribution in [3.8, 4) is 23.4 Å². The van der Waals surface area contributed by atoms with Gasteiger partial charge in [-0.05, 0) is 30.7 Å². The zero-order valence-electron chi connectivity index (χ0n) is 14.3. The summed E-state index contributed by atoms with van der Waals surface area (Å²) in [6, 6.07) is 6.91. The zero-order chi connectivity index (χ0) is 17.2. The van der Waals surface area contributed by atoms with E-state index in [4.69, 9.17) is 13.9 Å². The highest BCUT2D eigenvalue weighted by Gasteiger charge is 2.14. The van der Waals surface area contributed by atoms with Crippen LogP contribution in [-0.2, 0) is 6.61 Å². The third kappa shape index (κ3) is 5.59. The monoisotopic (exact) mass is 330 g/mol. The highest BCUT2D eigenvalue weighted by atomic mass is 16.4. The highest BCUT2D eigenvalue weighted by Crippen LogP contribution is 2.28. The maximum Gasteiger partial charge on any atom is 0.169 e. The summed E-state index contributed by atoms with van der Waals surface area (Å²) in [5, 5.41) is 19.2. The normalized spacial score (nSPS) is 12.0. The summed E-state index contributed by atoms with van der Waals surface area (Å²) >= 11 is 0. The largest absolute Gasteiger partial charge is 0.455 e. The second-order valence-corrected chi connectivity index (χ2v) is 5.86. The number of aliphatic hydroxyl groups excluding tert-OH is 2. The van der Waals surface area contributed by atoms with Crippen LogP contribution >= 0.6 is 0 Å². The molecule has 1 atom stereocenters. The summed E-state index contributed by atoms with van der Waals surface area (Å²) in [5.74, 6) is 8.16. The summed E-state index contributed by atoms with van der Waals surface area (Å²) in [4.78, 5) is 0. The molecule has 0 aliphatic heterocycles. The highest BCUT2D eigenvalue weighted by molar-refractivity contribution is 5.50. The van der Waals surface area contributed by atoms with E-state index in [1.165, 1.54) is 25.7 Å². The molecule has 0 bridgehead atoms. The number of furan rings is 2. The molecule has 0 amide bonds. The molecule has 130 valence electrons. The molecule has 0 saturated carbocycles. The van der Waals surface area contributed by atoms with Crippen LogP contribution in [0.4, 0.5) is 0 Å². The molecule has 2 rings (SSSR count). The molecule has 4 nitrogen and oxygen atoms in total. The average Bonchev–Trinajstić information content (AvgIpc) is 3.25. The van der Waals surface area contributed by atoms with Crippen LogP contribution in [0.1, 0.15) is 69.5 Å². The second-order valence-electron chi connectivity index (χ2n) is 5.86. The van der Waals surface area contributed by atoms with Gasteiger partial charge in [-0.15, -0.1) is 11.8 Å². The first-order valence-corrected chi connectivity index (χ1v) is 8.68. The molecule has 0 radical (unpaired) electrons. The molecule has 0 aromatic carbocycles. The van der Waals surface area contributed by atoms with Crippen LogP contribution in [0.5, 0.6) is 0 Å². The lowest BCUT2D eigenvalue weighted by Crippen LogP contribution is -1.93. The first-order chi connectivity index (χ1) is 11.7. The van der Waals surface area contributed by atoms with Gasteiger partial charge in [0.2, 0.25) is 0 Å². The van der Waals surface area contributed by atoms with E-state index in [9.17, 15) is 5.11 Å². The van der Waals surface area contributed by atoms with Gasteiger partial charge >= 0.3 is 0 Å². The molecule has 0 aliphatic rings. The Kier molecular flexibility index (Phi) is 7.67. The quantitative estimate of drug-likeness (QED) is 0.511. The molecule has 24 heavy (non-hydrogen) atoms. The van der Waals surface area contributed by atoms with Crippen molar-refractivity contribution >= 4 is 0 Å². The minimum absolute atomic E-state index is 0.149. The lowest BCUT2D eigenvalue weighted by Gasteiger charge is -2.02. The Bertz CT molecular complexity index is 656. The fourth-order valence-electron chi connectivity index (χ4n) is 2.43. The van der Waals surface area contributed by atoms with E-state index in [1.54, 1.807) is 24.3 Å². The van der Waals surface area contributed by atoms with Crippen molar-refractivity contribution in [2.45, 2.75) is 64.6 Å². The maximum absolute atomic E-state index is 10.1. The van der Waals surface area contributed by atoms with E-state index in [1.807, 2.05) is 0 Å². The van der Waals surface area contributed by atoms with E-state index in [0.717, 1.165) is 12.8 Å². The van der Waals surface area contributed by atoms with E-state index in [0.29, 0.717) is 29.5 Å². The van der Waals surface area contributed by atoms with Gasteiger partial charge < -0.3 is 19.0 Å². The van der Waals surface area contributed by atoms with Crippen molar-refractivity contribution in [3.63, 3.8) is 0 Å². The van der Waals surface area contributed by atoms with Gasteiger partial charge in [0.05, 0.1) is 0 Å². The molecule has 2 N–H and O–H groups in total.